The van der Waals surface area contributed by atoms with E-state index >= 15 is 0 Å². The molecule has 2 aromatic carbocycles. The molecule has 0 N–H and O–H groups in total. The second-order valence-electron chi connectivity index (χ2n) is 4.58. The maximum Gasteiger partial charge on any atom is 0.232 e. The summed E-state index contributed by atoms with van der Waals surface area (Å²) in [6.07, 6.45) is 0. The lowest BCUT2D eigenvalue weighted by atomic mass is 10.2. The molecule has 0 fully saturated rings. The maximum atomic E-state index is 10.9. The monoisotopic (exact) mass is 340 g/mol. The van der Waals surface area contributed by atoms with Crippen molar-refractivity contribution in [2.45, 2.75) is 0 Å². The summed E-state index contributed by atoms with van der Waals surface area (Å²) in [4.78, 5) is 10.9. The highest BCUT2D eigenvalue weighted by atomic mass is 32.1. The number of benzene rings is 2. The van der Waals surface area contributed by atoms with Gasteiger partial charge >= 0.3 is 0 Å². The zero-order valence-electron chi connectivity index (χ0n) is 11.6. The fourth-order valence-electron chi connectivity index (χ4n) is 2.02. The molecule has 22 heavy (non-hydrogen) atoms. The molecule has 1 nitrogen and oxygen atoms in total. The van der Waals surface area contributed by atoms with Crippen LogP contribution in [0.5, 0.6) is 0 Å². The molecule has 4 aromatic rings. The molecular formula is C18H12OS3. The minimum absolute atomic E-state index is 0.115. The average molecular weight is 340 g/mol. The maximum absolute atomic E-state index is 10.9. The topological polar surface area (TPSA) is 17.1 Å². The highest BCUT2D eigenvalue weighted by Gasteiger charge is 1.91. The van der Waals surface area contributed by atoms with Gasteiger partial charge in [-0.05, 0) is 41.1 Å². The van der Waals surface area contributed by atoms with Crippen molar-refractivity contribution in [2.24, 2.45) is 0 Å². The Labute approximate surface area is 141 Å². The van der Waals surface area contributed by atoms with Crippen molar-refractivity contribution in [2.75, 3.05) is 0 Å². The first-order valence-electron chi connectivity index (χ1n) is 6.70. The van der Waals surface area contributed by atoms with Crippen LogP contribution in [0.15, 0.2) is 77.6 Å². The van der Waals surface area contributed by atoms with Gasteiger partial charge in [-0.25, -0.2) is 0 Å². The van der Waals surface area contributed by atoms with Crippen molar-refractivity contribution in [1.29, 1.82) is 0 Å². The van der Waals surface area contributed by atoms with Crippen molar-refractivity contribution >= 4 is 55.1 Å². The van der Waals surface area contributed by atoms with E-state index in [1.54, 1.807) is 17.4 Å². The van der Waals surface area contributed by atoms with Crippen LogP contribution in [0.1, 0.15) is 0 Å². The van der Waals surface area contributed by atoms with Gasteiger partial charge in [0, 0.05) is 9.40 Å². The van der Waals surface area contributed by atoms with E-state index in [0.717, 1.165) is 13.9 Å². The zero-order valence-corrected chi connectivity index (χ0v) is 14.0. The summed E-state index contributed by atoms with van der Waals surface area (Å²) in [7, 11) is 0. The van der Waals surface area contributed by atoms with Crippen molar-refractivity contribution < 1.29 is 0 Å². The van der Waals surface area contributed by atoms with Gasteiger partial charge in [-0.15, -0.1) is 11.3 Å². The lowest BCUT2D eigenvalue weighted by molar-refractivity contribution is 1.78. The van der Waals surface area contributed by atoms with Crippen LogP contribution in [0.4, 0.5) is 0 Å². The van der Waals surface area contributed by atoms with Crippen molar-refractivity contribution in [3.63, 3.8) is 0 Å². The van der Waals surface area contributed by atoms with Gasteiger partial charge in [0.15, 0.2) is 0 Å². The predicted molar refractivity (Wildman–Crippen MR) is 101 cm³/mol. The Bertz CT molecular complexity index is 946. The summed E-state index contributed by atoms with van der Waals surface area (Å²) < 4.78 is 3.38. The molecule has 0 saturated heterocycles. The predicted octanol–water partition coefficient (Wildman–Crippen LogP) is 5.89. The van der Waals surface area contributed by atoms with Gasteiger partial charge in [0.25, 0.3) is 0 Å². The molecule has 0 aliphatic carbocycles. The third-order valence-corrected chi connectivity index (χ3v) is 5.30. The Morgan fingerprint density at radius 3 is 1.86 bits per heavy atom. The Balaban J connectivity index is 0.000000131. The molecule has 0 bridgehead atoms. The van der Waals surface area contributed by atoms with Gasteiger partial charge in [-0.2, -0.15) is 0 Å². The molecule has 0 atom stereocenters. The zero-order chi connectivity index (χ0) is 15.4. The van der Waals surface area contributed by atoms with E-state index in [9.17, 15) is 4.79 Å². The molecule has 0 radical (unpaired) electrons. The molecule has 0 amide bonds. The van der Waals surface area contributed by atoms with Crippen molar-refractivity contribution in [3.8, 4) is 0 Å². The normalized spacial score (nSPS) is 10.2. The van der Waals surface area contributed by atoms with Gasteiger partial charge in [-0.3, -0.25) is 4.79 Å². The van der Waals surface area contributed by atoms with Crippen LogP contribution < -0.4 is 4.74 Å². The van der Waals surface area contributed by atoms with E-state index < -0.39 is 0 Å². The van der Waals surface area contributed by atoms with E-state index in [-0.39, 0.29) is 4.74 Å². The number of hydrogen-bond acceptors (Lipinski definition) is 4. The van der Waals surface area contributed by atoms with Gasteiger partial charge in [0.1, 0.15) is 0 Å². The van der Waals surface area contributed by atoms with Gasteiger partial charge < -0.3 is 0 Å². The Hall–Kier alpha value is -1.88. The summed E-state index contributed by atoms with van der Waals surface area (Å²) in [5, 5.41) is 2.41. The summed E-state index contributed by atoms with van der Waals surface area (Å²) >= 11 is 8.00. The highest BCUT2D eigenvalue weighted by Crippen LogP contribution is 2.18. The summed E-state index contributed by atoms with van der Waals surface area (Å²) in [6.45, 7) is 0. The first-order valence-corrected chi connectivity index (χ1v) is 8.74. The van der Waals surface area contributed by atoms with Gasteiger partial charge in [-0.1, -0.05) is 66.0 Å². The molecule has 0 aliphatic heterocycles. The van der Waals surface area contributed by atoms with E-state index in [4.69, 9.17) is 12.2 Å². The van der Waals surface area contributed by atoms with Gasteiger partial charge in [0.2, 0.25) is 4.74 Å². The molecule has 0 saturated carbocycles. The molecule has 2 heterocycles. The minimum Gasteiger partial charge on any atom is -0.278 e. The molecule has 0 aliphatic rings. The van der Waals surface area contributed by atoms with Crippen molar-refractivity contribution in [1.82, 2.24) is 0 Å². The van der Waals surface area contributed by atoms with E-state index in [2.05, 4.69) is 18.2 Å². The molecule has 4 heteroatoms. The SMILES string of the molecule is O=c1ccc2ccccc2s1.S=c1ccc2ccccc2s1. The Morgan fingerprint density at radius 1 is 0.636 bits per heavy atom. The number of hydrogen-bond donors (Lipinski definition) is 0. The number of rotatable bonds is 0. The smallest absolute Gasteiger partial charge is 0.232 e. The van der Waals surface area contributed by atoms with Gasteiger partial charge in [0.05, 0.1) is 3.82 Å². The van der Waals surface area contributed by atoms with Crippen LogP contribution in [-0.4, -0.2) is 0 Å². The Kier molecular flexibility index (Phi) is 4.73. The van der Waals surface area contributed by atoms with Crippen molar-refractivity contribution in [3.05, 3.63) is 86.2 Å². The second kappa shape index (κ2) is 6.92. The molecule has 108 valence electrons. The van der Waals surface area contributed by atoms with Crippen LogP contribution in [0.25, 0.3) is 20.2 Å². The average Bonchev–Trinajstić information content (AvgIpc) is 2.55. The van der Waals surface area contributed by atoms with E-state index in [1.165, 1.54) is 21.4 Å². The molecule has 0 spiro atoms. The first-order chi connectivity index (χ1) is 10.7. The van der Waals surface area contributed by atoms with E-state index in [1.807, 2.05) is 48.5 Å². The fraction of sp³-hybridized carbons (Fsp3) is 0. The minimum atomic E-state index is 0.115. The summed E-state index contributed by atoms with van der Waals surface area (Å²) in [5.41, 5.74) is 0. The number of fused-ring (bicyclic) bond motifs is 2. The van der Waals surface area contributed by atoms with Crippen LogP contribution in [0.3, 0.4) is 0 Å². The largest absolute Gasteiger partial charge is 0.278 e. The molecular weight excluding hydrogens is 328 g/mol. The van der Waals surface area contributed by atoms with Crippen LogP contribution in [0, 0.1) is 3.82 Å². The standard InChI is InChI=1S/C9H6OS.C9H6S2/c2*10-9-6-5-7-3-1-2-4-8(7)11-9/h2*1-6H. The third kappa shape index (κ3) is 3.65. The summed E-state index contributed by atoms with van der Waals surface area (Å²) in [6, 6.07) is 23.6. The molecule has 2 aromatic heterocycles. The lowest BCUT2D eigenvalue weighted by Gasteiger charge is -1.92. The van der Waals surface area contributed by atoms with E-state index in [0.29, 0.717) is 0 Å². The summed E-state index contributed by atoms with van der Waals surface area (Å²) in [5.74, 6) is 0. The second-order valence-corrected chi connectivity index (χ2v) is 7.41. The van der Waals surface area contributed by atoms with Crippen LogP contribution >= 0.6 is 34.9 Å². The van der Waals surface area contributed by atoms with Crippen LogP contribution in [-0.2, 0) is 0 Å². The first kappa shape index (κ1) is 15.0. The quantitative estimate of drug-likeness (QED) is 0.371. The molecule has 4 rings (SSSR count). The third-order valence-electron chi connectivity index (χ3n) is 3.06. The highest BCUT2D eigenvalue weighted by molar-refractivity contribution is 7.73. The lowest BCUT2D eigenvalue weighted by Crippen LogP contribution is -1.87. The fourth-order valence-corrected chi connectivity index (χ4v) is 3.87. The molecule has 0 unspecified atom stereocenters. The van der Waals surface area contributed by atoms with Crippen LogP contribution in [0.2, 0.25) is 0 Å². The Morgan fingerprint density at radius 2 is 1.18 bits per heavy atom.